The van der Waals surface area contributed by atoms with Crippen LogP contribution in [0.5, 0.6) is 0 Å². The Morgan fingerprint density at radius 3 is 1.45 bits per heavy atom. The Labute approximate surface area is 414 Å². The molecule has 0 heterocycles. The molecule has 67 heavy (non-hydrogen) atoms. The minimum atomic E-state index is -4.69. The normalized spacial score (nSPS) is 14.2. The Bertz CT molecular complexity index is 1290. The maximum atomic E-state index is 13.4. The third-order valence-corrected chi connectivity index (χ3v) is 13.2. The van der Waals surface area contributed by atoms with Gasteiger partial charge in [0.2, 0.25) is 5.91 Å². The minimum Gasteiger partial charge on any atom is -0.756 e. The smallest absolute Gasteiger partial charge is 0.306 e. The van der Waals surface area contributed by atoms with E-state index in [1.807, 2.05) is 33.3 Å². The van der Waals surface area contributed by atoms with Gasteiger partial charge in [-0.25, -0.2) is 0 Å². The van der Waals surface area contributed by atoms with Crippen molar-refractivity contribution in [2.45, 2.75) is 264 Å². The molecule has 1 N–H and O–H groups in total. The van der Waals surface area contributed by atoms with Crippen LogP contribution in [0.25, 0.3) is 0 Å². The molecule has 1 amide bonds. The number of hydrogen-bond donors (Lipinski definition) is 1. The largest absolute Gasteiger partial charge is 0.756 e. The van der Waals surface area contributed by atoms with Crippen molar-refractivity contribution in [3.63, 3.8) is 0 Å². The van der Waals surface area contributed by atoms with Gasteiger partial charge in [-0.1, -0.05) is 205 Å². The van der Waals surface area contributed by atoms with Gasteiger partial charge in [0.1, 0.15) is 19.3 Å². The first kappa shape index (κ1) is 65.0. The van der Waals surface area contributed by atoms with Crippen LogP contribution in [-0.4, -0.2) is 69.4 Å². The Morgan fingerprint density at radius 2 is 0.955 bits per heavy atom. The Balaban J connectivity index is 5.38. The van der Waals surface area contributed by atoms with E-state index in [1.165, 1.54) is 122 Å². The molecule has 3 atom stereocenters. The number of carbonyl (C=O) groups is 2. The summed E-state index contributed by atoms with van der Waals surface area (Å²) < 4.78 is 30.2. The average molecular weight is 963 g/mol. The average Bonchev–Trinajstić information content (AvgIpc) is 3.28. The van der Waals surface area contributed by atoms with Crippen molar-refractivity contribution in [1.29, 1.82) is 0 Å². The molecule has 0 aromatic heterocycles. The standard InChI is InChI=1S/C57H107N2O7P/c1-7-10-13-16-19-22-25-28-30-32-35-38-41-44-47-50-57(61)66-55(48-45-42-39-36-33-27-24-21-18-15-12-9-3)54(53-65-67(62,63)64-52-51-59(4,5)6)58-56(60)49-46-43-40-37-34-31-29-26-23-20-17-14-11-8-2/h11,14,20,22-23,25,45,48,54-55H,7-10,12-13,15-19,21,24,26-44,46-47,49-53H2,1-6H3,(H-,58,60,62,63)/b14-11+,23-20+,25-22-,48-45+. The Morgan fingerprint density at radius 1 is 0.537 bits per heavy atom. The van der Waals surface area contributed by atoms with Gasteiger partial charge in [0.05, 0.1) is 33.8 Å². The van der Waals surface area contributed by atoms with Crippen LogP contribution in [0.2, 0.25) is 0 Å². The molecule has 0 bridgehead atoms. The summed E-state index contributed by atoms with van der Waals surface area (Å²) in [5.74, 6) is -0.553. The summed E-state index contributed by atoms with van der Waals surface area (Å²) >= 11 is 0. The van der Waals surface area contributed by atoms with Crippen molar-refractivity contribution in [3.8, 4) is 0 Å². The molecule has 0 aromatic carbocycles. The van der Waals surface area contributed by atoms with Crippen molar-refractivity contribution in [1.82, 2.24) is 5.32 Å². The topological polar surface area (TPSA) is 114 Å². The van der Waals surface area contributed by atoms with Crippen molar-refractivity contribution < 1.29 is 37.3 Å². The number of ether oxygens (including phenoxy) is 1. The molecule has 10 heteroatoms. The quantitative estimate of drug-likeness (QED) is 0.0212. The number of likely N-dealkylation sites (N-methyl/N-ethyl adjacent to an activating group) is 1. The van der Waals surface area contributed by atoms with E-state index >= 15 is 0 Å². The zero-order valence-corrected chi connectivity index (χ0v) is 45.5. The second-order valence-corrected chi connectivity index (χ2v) is 21.5. The molecule has 0 aliphatic heterocycles. The first-order valence-corrected chi connectivity index (χ1v) is 29.4. The van der Waals surface area contributed by atoms with Gasteiger partial charge < -0.3 is 28.5 Å². The van der Waals surface area contributed by atoms with Gasteiger partial charge in [-0.15, -0.1) is 0 Å². The van der Waals surface area contributed by atoms with Crippen molar-refractivity contribution in [2.75, 3.05) is 40.9 Å². The number of quaternary nitrogens is 1. The molecule has 392 valence electrons. The summed E-state index contributed by atoms with van der Waals surface area (Å²) in [6, 6.07) is -0.891. The Hall–Kier alpha value is -2.03. The van der Waals surface area contributed by atoms with E-state index in [0.717, 1.165) is 96.3 Å². The maximum absolute atomic E-state index is 13.4. The Kier molecular flexibility index (Phi) is 46.2. The van der Waals surface area contributed by atoms with Gasteiger partial charge in [-0.05, 0) is 83.1 Å². The molecule has 0 saturated carbocycles. The lowest BCUT2D eigenvalue weighted by Gasteiger charge is -2.30. The van der Waals surface area contributed by atoms with E-state index in [0.29, 0.717) is 17.4 Å². The number of allylic oxidation sites excluding steroid dienone is 7. The third kappa shape index (κ3) is 48.8. The van der Waals surface area contributed by atoms with Crippen LogP contribution in [-0.2, 0) is 27.9 Å². The lowest BCUT2D eigenvalue weighted by Crippen LogP contribution is -2.47. The molecule has 0 rings (SSSR count). The number of nitrogens with one attached hydrogen (secondary N) is 1. The number of unbranched alkanes of at least 4 members (excludes halogenated alkanes) is 28. The molecule has 0 fully saturated rings. The number of phosphoric acid groups is 1. The second-order valence-electron chi connectivity index (χ2n) is 20.1. The molecule has 0 aromatic rings. The summed E-state index contributed by atoms with van der Waals surface area (Å²) in [6.07, 6.45) is 56.4. The fourth-order valence-electron chi connectivity index (χ4n) is 7.91. The number of amides is 1. The fraction of sp³-hybridized carbons (Fsp3) is 0.825. The highest BCUT2D eigenvalue weighted by Crippen LogP contribution is 2.38. The number of phosphoric ester groups is 1. The molecule has 9 nitrogen and oxygen atoms in total. The molecule has 0 spiro atoms. The van der Waals surface area contributed by atoms with E-state index in [9.17, 15) is 19.0 Å². The van der Waals surface area contributed by atoms with Crippen LogP contribution in [0.3, 0.4) is 0 Å². The van der Waals surface area contributed by atoms with E-state index in [4.69, 9.17) is 13.8 Å². The first-order valence-electron chi connectivity index (χ1n) is 27.9. The van der Waals surface area contributed by atoms with E-state index in [1.54, 1.807) is 0 Å². The highest BCUT2D eigenvalue weighted by Gasteiger charge is 2.27. The van der Waals surface area contributed by atoms with Crippen molar-refractivity contribution in [3.05, 3.63) is 48.6 Å². The summed E-state index contributed by atoms with van der Waals surface area (Å²) in [4.78, 5) is 39.8. The second kappa shape index (κ2) is 47.6. The molecular formula is C57H107N2O7P. The van der Waals surface area contributed by atoms with E-state index in [2.05, 4.69) is 62.5 Å². The van der Waals surface area contributed by atoms with Gasteiger partial charge in [-0.2, -0.15) is 0 Å². The van der Waals surface area contributed by atoms with Crippen LogP contribution in [0.4, 0.5) is 0 Å². The van der Waals surface area contributed by atoms with E-state index in [-0.39, 0.29) is 24.9 Å². The van der Waals surface area contributed by atoms with Gasteiger partial charge in [0.25, 0.3) is 7.82 Å². The summed E-state index contributed by atoms with van der Waals surface area (Å²) in [6.45, 7) is 6.71. The van der Waals surface area contributed by atoms with Gasteiger partial charge >= 0.3 is 5.97 Å². The molecular weight excluding hydrogens is 856 g/mol. The van der Waals surface area contributed by atoms with Crippen LogP contribution >= 0.6 is 7.82 Å². The molecule has 3 unspecified atom stereocenters. The predicted octanol–water partition coefficient (Wildman–Crippen LogP) is 15.9. The third-order valence-electron chi connectivity index (χ3n) is 12.2. The zero-order chi connectivity index (χ0) is 49.4. The highest BCUT2D eigenvalue weighted by molar-refractivity contribution is 7.45. The summed E-state index contributed by atoms with van der Waals surface area (Å²) in [5.41, 5.74) is 0. The molecule has 0 radical (unpaired) electrons. The lowest BCUT2D eigenvalue weighted by molar-refractivity contribution is -0.870. The maximum Gasteiger partial charge on any atom is 0.306 e. The number of nitrogens with zero attached hydrogens (tertiary/aromatic N) is 1. The van der Waals surface area contributed by atoms with E-state index < -0.39 is 26.6 Å². The molecule has 0 saturated heterocycles. The predicted molar refractivity (Wildman–Crippen MR) is 284 cm³/mol. The van der Waals surface area contributed by atoms with Crippen LogP contribution < -0.4 is 10.2 Å². The SMILES string of the molecule is CC/C=C/C/C=C/CCCCCCCCCC(=O)NC(COP(=O)([O-])OCC[N+](C)(C)C)C(/C=C/CCCCCCCCCCCC)OC(=O)CCCCCCCCC/C=C\CCCCCC. The zero-order valence-electron chi connectivity index (χ0n) is 44.6. The van der Waals surface area contributed by atoms with Crippen molar-refractivity contribution >= 4 is 19.7 Å². The lowest BCUT2D eigenvalue weighted by atomic mass is 10.0. The molecule has 0 aliphatic rings. The van der Waals surface area contributed by atoms with Crippen molar-refractivity contribution in [2.24, 2.45) is 0 Å². The minimum absolute atomic E-state index is 0.0247. The van der Waals surface area contributed by atoms with Crippen LogP contribution in [0.1, 0.15) is 252 Å². The number of rotatable bonds is 50. The summed E-state index contributed by atoms with van der Waals surface area (Å²) in [7, 11) is 1.18. The monoisotopic (exact) mass is 963 g/mol. The number of carbonyl (C=O) groups excluding carboxylic acids is 2. The fourth-order valence-corrected chi connectivity index (χ4v) is 8.63. The van der Waals surface area contributed by atoms with Gasteiger partial charge in [-0.3, -0.25) is 14.2 Å². The molecule has 0 aliphatic carbocycles. The van der Waals surface area contributed by atoms with Gasteiger partial charge in [0, 0.05) is 12.8 Å². The van der Waals surface area contributed by atoms with Crippen LogP contribution in [0.15, 0.2) is 48.6 Å². The highest BCUT2D eigenvalue weighted by atomic mass is 31.2. The van der Waals surface area contributed by atoms with Crippen LogP contribution in [0, 0.1) is 0 Å². The number of hydrogen-bond acceptors (Lipinski definition) is 7. The number of esters is 1. The summed E-state index contributed by atoms with van der Waals surface area (Å²) in [5, 5.41) is 3.01. The first-order chi connectivity index (χ1) is 32.4. The van der Waals surface area contributed by atoms with Gasteiger partial charge in [0.15, 0.2) is 0 Å².